The molecule has 0 radical (unpaired) electrons. The lowest BCUT2D eigenvalue weighted by molar-refractivity contribution is -0.125. The van der Waals surface area contributed by atoms with Crippen molar-refractivity contribution in [1.82, 2.24) is 5.32 Å². The summed E-state index contributed by atoms with van der Waals surface area (Å²) in [5.41, 5.74) is 1.17. The number of hydrogen-bond acceptors (Lipinski definition) is 6. The van der Waals surface area contributed by atoms with E-state index >= 15 is 0 Å². The second-order valence-electron chi connectivity index (χ2n) is 6.18. The van der Waals surface area contributed by atoms with Gasteiger partial charge in [0.05, 0.1) is 27.0 Å². The predicted molar refractivity (Wildman–Crippen MR) is 107 cm³/mol. The van der Waals surface area contributed by atoms with Crippen LogP contribution < -0.4 is 29.2 Å². The van der Waals surface area contributed by atoms with Crippen LogP contribution in [0.25, 0.3) is 0 Å². The Morgan fingerprint density at radius 2 is 1.79 bits per heavy atom. The van der Waals surface area contributed by atoms with Gasteiger partial charge in [0.1, 0.15) is 18.0 Å². The van der Waals surface area contributed by atoms with Crippen molar-refractivity contribution in [3.05, 3.63) is 40.9 Å². The van der Waals surface area contributed by atoms with E-state index in [-0.39, 0.29) is 31.5 Å². The lowest BCUT2D eigenvalue weighted by Gasteiger charge is -2.29. The van der Waals surface area contributed by atoms with Crippen molar-refractivity contribution in [3.8, 4) is 23.0 Å². The number of hydrogen-bond donors (Lipinski definition) is 1. The van der Waals surface area contributed by atoms with Crippen LogP contribution in [0.2, 0.25) is 5.02 Å². The zero-order valence-corrected chi connectivity index (χ0v) is 17.0. The number of anilines is 1. The molecule has 0 aliphatic carbocycles. The van der Waals surface area contributed by atoms with Gasteiger partial charge in [-0.3, -0.25) is 14.5 Å². The molecule has 0 atom stereocenters. The summed E-state index contributed by atoms with van der Waals surface area (Å²) >= 11 is 6.02. The molecular formula is C20H21ClN2O6. The lowest BCUT2D eigenvalue weighted by atomic mass is 10.1. The molecule has 0 saturated carbocycles. The van der Waals surface area contributed by atoms with E-state index in [9.17, 15) is 9.59 Å². The Morgan fingerprint density at radius 3 is 2.48 bits per heavy atom. The summed E-state index contributed by atoms with van der Waals surface area (Å²) in [5.74, 6) is 1.42. The van der Waals surface area contributed by atoms with Gasteiger partial charge in [-0.2, -0.15) is 0 Å². The average Bonchev–Trinajstić information content (AvgIpc) is 2.73. The zero-order valence-electron chi connectivity index (χ0n) is 16.3. The Kier molecular flexibility index (Phi) is 6.33. The highest BCUT2D eigenvalue weighted by Gasteiger charge is 2.27. The predicted octanol–water partition coefficient (Wildman–Crippen LogP) is 2.41. The molecule has 0 spiro atoms. The number of fused-ring (bicyclic) bond motifs is 1. The largest absolute Gasteiger partial charge is 0.496 e. The second kappa shape index (κ2) is 8.91. The number of nitrogens with zero attached hydrogens (tertiary/aromatic N) is 1. The maximum absolute atomic E-state index is 12.5. The molecule has 0 fully saturated rings. The number of carbonyl (C=O) groups excluding carboxylic acids is 2. The molecule has 0 bridgehead atoms. The minimum absolute atomic E-state index is 0.134. The van der Waals surface area contributed by atoms with Gasteiger partial charge in [-0.1, -0.05) is 11.6 Å². The van der Waals surface area contributed by atoms with E-state index in [2.05, 4.69) is 5.32 Å². The van der Waals surface area contributed by atoms with Gasteiger partial charge < -0.3 is 24.3 Å². The van der Waals surface area contributed by atoms with Crippen molar-refractivity contribution >= 4 is 29.1 Å². The molecule has 2 amide bonds. The third-order valence-electron chi connectivity index (χ3n) is 4.43. The zero-order chi connectivity index (χ0) is 21.0. The van der Waals surface area contributed by atoms with Gasteiger partial charge >= 0.3 is 0 Å². The van der Waals surface area contributed by atoms with Gasteiger partial charge in [0.2, 0.25) is 5.91 Å². The average molecular weight is 421 g/mol. The van der Waals surface area contributed by atoms with Gasteiger partial charge in [0.25, 0.3) is 5.91 Å². The first-order valence-electron chi connectivity index (χ1n) is 8.75. The van der Waals surface area contributed by atoms with Crippen molar-refractivity contribution in [2.75, 3.05) is 39.4 Å². The highest BCUT2D eigenvalue weighted by atomic mass is 35.5. The summed E-state index contributed by atoms with van der Waals surface area (Å²) in [6.07, 6.45) is 0. The summed E-state index contributed by atoms with van der Waals surface area (Å²) in [6, 6.07) is 8.34. The van der Waals surface area contributed by atoms with E-state index in [4.69, 9.17) is 30.5 Å². The third-order valence-corrected chi connectivity index (χ3v) is 4.66. The molecule has 1 aliphatic rings. The first-order valence-corrected chi connectivity index (χ1v) is 9.13. The van der Waals surface area contributed by atoms with Crippen molar-refractivity contribution in [2.45, 2.75) is 6.54 Å². The molecule has 0 aromatic heterocycles. The van der Waals surface area contributed by atoms with Gasteiger partial charge in [-0.15, -0.1) is 0 Å². The first-order chi connectivity index (χ1) is 14.0. The van der Waals surface area contributed by atoms with Crippen LogP contribution in [-0.4, -0.2) is 46.3 Å². The molecule has 1 aliphatic heterocycles. The molecule has 0 saturated heterocycles. The molecule has 3 rings (SSSR count). The molecule has 2 aromatic rings. The van der Waals surface area contributed by atoms with Crippen LogP contribution >= 0.6 is 11.6 Å². The highest BCUT2D eigenvalue weighted by Crippen LogP contribution is 2.35. The Hall–Kier alpha value is -3.13. The van der Waals surface area contributed by atoms with E-state index in [1.165, 1.54) is 26.2 Å². The summed E-state index contributed by atoms with van der Waals surface area (Å²) < 4.78 is 21.3. The van der Waals surface area contributed by atoms with Gasteiger partial charge in [-0.25, -0.2) is 0 Å². The van der Waals surface area contributed by atoms with Crippen LogP contribution in [0.1, 0.15) is 5.56 Å². The molecule has 9 heteroatoms. The quantitative estimate of drug-likeness (QED) is 0.740. The van der Waals surface area contributed by atoms with Crippen LogP contribution in [0.3, 0.4) is 0 Å². The van der Waals surface area contributed by atoms with Gasteiger partial charge in [-0.05, 0) is 24.3 Å². The van der Waals surface area contributed by atoms with Crippen LogP contribution in [0, 0.1) is 0 Å². The normalized spacial score (nSPS) is 12.7. The molecule has 29 heavy (non-hydrogen) atoms. The number of carbonyl (C=O) groups is 2. The fraction of sp³-hybridized carbons (Fsp3) is 0.300. The number of amides is 2. The molecule has 8 nitrogen and oxygen atoms in total. The molecular weight excluding hydrogens is 400 g/mol. The van der Waals surface area contributed by atoms with Crippen LogP contribution in [0.4, 0.5) is 5.69 Å². The highest BCUT2D eigenvalue weighted by molar-refractivity contribution is 6.31. The van der Waals surface area contributed by atoms with Crippen molar-refractivity contribution in [2.24, 2.45) is 0 Å². The molecule has 1 N–H and O–H groups in total. The summed E-state index contributed by atoms with van der Waals surface area (Å²) in [7, 11) is 4.58. The minimum atomic E-state index is -0.344. The minimum Gasteiger partial charge on any atom is -0.496 e. The van der Waals surface area contributed by atoms with Gasteiger partial charge in [0, 0.05) is 23.2 Å². The van der Waals surface area contributed by atoms with E-state index < -0.39 is 0 Å². The van der Waals surface area contributed by atoms with E-state index in [0.29, 0.717) is 39.3 Å². The van der Waals surface area contributed by atoms with E-state index in [1.807, 2.05) is 0 Å². The number of benzene rings is 2. The summed E-state index contributed by atoms with van der Waals surface area (Å²) in [4.78, 5) is 26.1. The Morgan fingerprint density at radius 1 is 1.10 bits per heavy atom. The third kappa shape index (κ3) is 4.48. The summed E-state index contributed by atoms with van der Waals surface area (Å²) in [6.45, 7) is -0.111. The smallest absolute Gasteiger partial charge is 0.265 e. The SMILES string of the molecule is COc1cc(OC)c(OC)cc1CNC(=O)CN1C(=O)COc2ccc(Cl)cc21. The second-order valence-corrected chi connectivity index (χ2v) is 6.61. The van der Waals surface area contributed by atoms with Crippen LogP contribution in [-0.2, 0) is 16.1 Å². The molecule has 154 valence electrons. The van der Waals surface area contributed by atoms with E-state index in [1.54, 1.807) is 30.3 Å². The van der Waals surface area contributed by atoms with E-state index in [0.717, 1.165) is 0 Å². The number of rotatable bonds is 7. The van der Waals surface area contributed by atoms with Crippen molar-refractivity contribution in [3.63, 3.8) is 0 Å². The summed E-state index contributed by atoms with van der Waals surface area (Å²) in [5, 5.41) is 3.24. The number of halogens is 1. The fourth-order valence-corrected chi connectivity index (χ4v) is 3.14. The first kappa shape index (κ1) is 20.6. The topological polar surface area (TPSA) is 86.3 Å². The molecule has 2 aromatic carbocycles. The van der Waals surface area contributed by atoms with Crippen LogP contribution in [0.5, 0.6) is 23.0 Å². The Balaban J connectivity index is 1.73. The Bertz CT molecular complexity index is 933. The number of ether oxygens (including phenoxy) is 4. The number of nitrogens with one attached hydrogen (secondary N) is 1. The Labute approximate surface area is 173 Å². The van der Waals surface area contributed by atoms with Gasteiger partial charge in [0.15, 0.2) is 18.1 Å². The maximum atomic E-state index is 12.5. The number of methoxy groups -OCH3 is 3. The van der Waals surface area contributed by atoms with Crippen molar-refractivity contribution < 1.29 is 28.5 Å². The van der Waals surface area contributed by atoms with Crippen molar-refractivity contribution in [1.29, 1.82) is 0 Å². The lowest BCUT2D eigenvalue weighted by Crippen LogP contribution is -2.45. The maximum Gasteiger partial charge on any atom is 0.265 e. The molecule has 0 unspecified atom stereocenters. The molecule has 1 heterocycles. The standard InChI is InChI=1S/C20H21ClN2O6/c1-26-16-8-18(28-3)17(27-2)6-12(16)9-22-19(24)10-23-14-7-13(21)4-5-15(14)29-11-20(23)25/h4-8H,9-11H2,1-3H3,(H,22,24). The fourth-order valence-electron chi connectivity index (χ4n) is 2.97. The van der Waals surface area contributed by atoms with Crippen LogP contribution in [0.15, 0.2) is 30.3 Å². The monoisotopic (exact) mass is 420 g/mol.